The molecule has 14 heteroatoms. The predicted molar refractivity (Wildman–Crippen MR) is 136 cm³/mol. The van der Waals surface area contributed by atoms with Gasteiger partial charge in [-0.3, -0.25) is 4.79 Å². The van der Waals surface area contributed by atoms with Gasteiger partial charge < -0.3 is 59.5 Å². The molecule has 3 aromatic carbocycles. The van der Waals surface area contributed by atoms with Crippen molar-refractivity contribution in [3.05, 3.63) is 64.3 Å². The van der Waals surface area contributed by atoms with Gasteiger partial charge in [0.15, 0.2) is 29.1 Å². The fourth-order valence-corrected chi connectivity index (χ4v) is 4.20. The number of phenolic OH excluding ortho intramolecular Hbond substituents is 6. The van der Waals surface area contributed by atoms with Crippen LogP contribution in [-0.2, 0) is 9.47 Å². The van der Waals surface area contributed by atoms with Gasteiger partial charge in [-0.1, -0.05) is 0 Å². The van der Waals surface area contributed by atoms with Gasteiger partial charge in [-0.15, -0.1) is 0 Å². The highest BCUT2D eigenvalue weighted by Crippen LogP contribution is 2.38. The fourth-order valence-electron chi connectivity index (χ4n) is 4.20. The topological polar surface area (TPSA) is 237 Å². The van der Waals surface area contributed by atoms with Gasteiger partial charge in [0.2, 0.25) is 17.5 Å². The normalized spacial score (nSPS) is 20.5. The second kappa shape index (κ2) is 10.4. The lowest BCUT2D eigenvalue weighted by Crippen LogP contribution is -2.56. The van der Waals surface area contributed by atoms with Crippen LogP contribution >= 0.6 is 0 Å². The van der Waals surface area contributed by atoms with Crippen molar-refractivity contribution >= 4 is 16.9 Å². The van der Waals surface area contributed by atoms with E-state index in [9.17, 15) is 50.4 Å². The Hall–Kier alpha value is -5.18. The van der Waals surface area contributed by atoms with Crippen LogP contribution in [0, 0.1) is 0 Å². The maximum atomic E-state index is 13.6. The molecule has 4 aromatic rings. The highest BCUT2D eigenvalue weighted by molar-refractivity contribution is 5.91. The van der Waals surface area contributed by atoms with Crippen LogP contribution in [0.1, 0.15) is 10.4 Å². The molecule has 0 aliphatic carbocycles. The zero-order chi connectivity index (χ0) is 29.6. The molecule has 5 rings (SSSR count). The van der Waals surface area contributed by atoms with Crippen molar-refractivity contribution in [3.63, 3.8) is 0 Å². The van der Waals surface area contributed by atoms with Crippen LogP contribution in [0.3, 0.4) is 0 Å². The predicted octanol–water partition coefficient (Wildman–Crippen LogP) is 1.38. The molecule has 2 heterocycles. The van der Waals surface area contributed by atoms with Gasteiger partial charge in [-0.05, 0) is 36.4 Å². The lowest BCUT2D eigenvalue weighted by Gasteiger charge is -2.37. The molecule has 1 fully saturated rings. The zero-order valence-electron chi connectivity index (χ0n) is 20.7. The van der Waals surface area contributed by atoms with Crippen LogP contribution in [0.4, 0.5) is 0 Å². The second-order valence-corrected chi connectivity index (χ2v) is 9.08. The third-order valence-corrected chi connectivity index (χ3v) is 6.26. The van der Waals surface area contributed by atoms with E-state index in [2.05, 4.69) is 0 Å². The molecule has 0 saturated carbocycles. The number of rotatable bonds is 5. The first-order valence-electron chi connectivity index (χ1n) is 11.9. The number of hydrogen-bond donors (Lipinski definition) is 8. The Morgan fingerprint density at radius 2 is 1.51 bits per heavy atom. The monoisotopic (exact) mass is 570 g/mol. The van der Waals surface area contributed by atoms with Gasteiger partial charge in [0.1, 0.15) is 40.4 Å². The smallest absolute Gasteiger partial charge is 0.339 e. The molecule has 0 bridgehead atoms. The van der Waals surface area contributed by atoms with Crippen LogP contribution in [0.2, 0.25) is 0 Å². The van der Waals surface area contributed by atoms with E-state index >= 15 is 0 Å². The fraction of sp³-hybridized carbons (Fsp3) is 0.185. The number of phenols is 6. The summed E-state index contributed by atoms with van der Waals surface area (Å²) < 4.78 is 22.3. The molecule has 1 aromatic heterocycles. The molecule has 1 aliphatic heterocycles. The summed E-state index contributed by atoms with van der Waals surface area (Å²) in [4.78, 5) is 26.4. The van der Waals surface area contributed by atoms with E-state index in [4.69, 9.17) is 18.6 Å². The first-order chi connectivity index (χ1) is 19.4. The van der Waals surface area contributed by atoms with Crippen molar-refractivity contribution in [2.75, 3.05) is 6.61 Å². The van der Waals surface area contributed by atoms with E-state index in [1.165, 1.54) is 24.3 Å². The van der Waals surface area contributed by atoms with Crippen LogP contribution in [0.25, 0.3) is 22.3 Å². The first-order valence-corrected chi connectivity index (χ1v) is 11.9. The minimum Gasteiger partial charge on any atom is -0.508 e. The number of esters is 1. The molecule has 1 saturated heterocycles. The van der Waals surface area contributed by atoms with Gasteiger partial charge in [0, 0.05) is 17.7 Å². The van der Waals surface area contributed by atoms with E-state index in [1.54, 1.807) is 0 Å². The molecule has 8 N–H and O–H groups in total. The SMILES string of the molecule is O=C(OC1C(Oc2c(-c3ccc(O)cc3)oc3cc(O)cc(O)c3c2=O)OCC(O)C1O)c1cc(O)c(O)c(O)c1. The van der Waals surface area contributed by atoms with Gasteiger partial charge in [-0.2, -0.15) is 0 Å². The average Bonchev–Trinajstić information content (AvgIpc) is 2.92. The second-order valence-electron chi connectivity index (χ2n) is 9.08. The van der Waals surface area contributed by atoms with Crippen molar-refractivity contribution in [2.45, 2.75) is 24.6 Å². The van der Waals surface area contributed by atoms with E-state index in [-0.39, 0.29) is 28.0 Å². The third-order valence-electron chi connectivity index (χ3n) is 6.26. The van der Waals surface area contributed by atoms with Crippen molar-refractivity contribution in [3.8, 4) is 51.6 Å². The Morgan fingerprint density at radius 3 is 2.17 bits per heavy atom. The van der Waals surface area contributed by atoms with Gasteiger partial charge in [-0.25, -0.2) is 4.79 Å². The lowest BCUT2D eigenvalue weighted by atomic mass is 10.0. The molecule has 1 aliphatic rings. The maximum Gasteiger partial charge on any atom is 0.339 e. The summed E-state index contributed by atoms with van der Waals surface area (Å²) in [5, 5.41) is 79.4. The molecular formula is C27H22O14. The standard InChI is InChI=1S/C27H22O14/c28-12-3-1-10(2-4-12)23-24(22(36)19-14(30)7-13(29)8-18(19)39-23)41-27-25(21(35)17(33)9-38-27)40-26(37)11-5-15(31)20(34)16(32)6-11/h1-8,17,21,25,27-35H,9H2. The lowest BCUT2D eigenvalue weighted by molar-refractivity contribution is -0.241. The Morgan fingerprint density at radius 1 is 0.854 bits per heavy atom. The van der Waals surface area contributed by atoms with Gasteiger partial charge >= 0.3 is 5.97 Å². The third kappa shape index (κ3) is 5.09. The van der Waals surface area contributed by atoms with Gasteiger partial charge in [0.25, 0.3) is 0 Å². The van der Waals surface area contributed by atoms with E-state index < -0.39 is 82.7 Å². The summed E-state index contributed by atoms with van der Waals surface area (Å²) in [5.41, 5.74) is -1.43. The molecular weight excluding hydrogens is 548 g/mol. The van der Waals surface area contributed by atoms with Crippen LogP contribution < -0.4 is 10.2 Å². The first kappa shape index (κ1) is 27.4. The van der Waals surface area contributed by atoms with Gasteiger partial charge in [0.05, 0.1) is 12.2 Å². The summed E-state index contributed by atoms with van der Waals surface area (Å²) >= 11 is 0. The van der Waals surface area contributed by atoms with Crippen LogP contribution in [-0.4, -0.2) is 78.0 Å². The Kier molecular flexibility index (Phi) is 6.96. The Labute approximate surface area is 228 Å². The molecule has 0 spiro atoms. The maximum absolute atomic E-state index is 13.6. The summed E-state index contributed by atoms with van der Waals surface area (Å²) in [6.45, 7) is -0.521. The van der Waals surface area contributed by atoms with E-state index in [1.807, 2.05) is 0 Å². The number of aliphatic hydroxyl groups is 2. The number of aromatic hydroxyl groups is 6. The highest BCUT2D eigenvalue weighted by Gasteiger charge is 2.44. The molecule has 4 atom stereocenters. The minimum atomic E-state index is -1.81. The van der Waals surface area contributed by atoms with Crippen molar-refractivity contribution in [1.82, 2.24) is 0 Å². The summed E-state index contributed by atoms with van der Waals surface area (Å²) in [6.07, 6.45) is -6.94. The number of hydrogen-bond acceptors (Lipinski definition) is 14. The highest BCUT2D eigenvalue weighted by atomic mass is 16.7. The van der Waals surface area contributed by atoms with E-state index in [0.29, 0.717) is 0 Å². The molecule has 0 amide bonds. The van der Waals surface area contributed by atoms with Crippen molar-refractivity contribution in [1.29, 1.82) is 0 Å². The van der Waals surface area contributed by atoms with Crippen molar-refractivity contribution in [2.24, 2.45) is 0 Å². The molecule has 4 unspecified atom stereocenters. The average molecular weight is 570 g/mol. The number of carbonyl (C=O) groups is 1. The Balaban J connectivity index is 1.58. The summed E-state index contributed by atoms with van der Waals surface area (Å²) in [5.74, 6) is -5.83. The molecule has 214 valence electrons. The quantitative estimate of drug-likeness (QED) is 0.125. The molecule has 41 heavy (non-hydrogen) atoms. The summed E-state index contributed by atoms with van der Waals surface area (Å²) in [6, 6.07) is 8.84. The zero-order valence-corrected chi connectivity index (χ0v) is 20.7. The number of carbonyl (C=O) groups excluding carboxylic acids is 1. The van der Waals surface area contributed by atoms with Crippen LogP contribution in [0.15, 0.2) is 57.7 Å². The molecule has 14 nitrogen and oxygen atoms in total. The van der Waals surface area contributed by atoms with Crippen molar-refractivity contribution < 1.29 is 64.3 Å². The Bertz CT molecular complexity index is 1670. The summed E-state index contributed by atoms with van der Waals surface area (Å²) in [7, 11) is 0. The van der Waals surface area contributed by atoms with Crippen LogP contribution in [0.5, 0.6) is 40.2 Å². The number of fused-ring (bicyclic) bond motifs is 1. The number of aliphatic hydroxyl groups excluding tert-OH is 2. The molecule has 0 radical (unpaired) electrons. The minimum absolute atomic E-state index is 0.111. The largest absolute Gasteiger partial charge is 0.508 e. The number of benzene rings is 3. The number of ether oxygens (including phenoxy) is 3. The van der Waals surface area contributed by atoms with E-state index in [0.717, 1.165) is 24.3 Å².